The summed E-state index contributed by atoms with van der Waals surface area (Å²) in [4.78, 5) is 14.0. The SMILES string of the molecule is Cc1cccc(CN(C)CC2(C(=O)O)CCC(C)CC2)c1. The lowest BCUT2D eigenvalue weighted by atomic mass is 9.70. The highest BCUT2D eigenvalue weighted by Crippen LogP contribution is 2.39. The van der Waals surface area contributed by atoms with E-state index in [1.807, 2.05) is 7.05 Å². The van der Waals surface area contributed by atoms with E-state index in [1.165, 1.54) is 11.1 Å². The standard InChI is InChI=1S/C18H27NO2/c1-14-7-9-18(10-8-14,17(20)21)13-19(3)12-16-6-4-5-15(2)11-16/h4-6,11,14H,7-10,12-13H2,1-3H3,(H,20,21). The first-order chi connectivity index (χ1) is 9.91. The van der Waals surface area contributed by atoms with Crippen LogP contribution in [0.1, 0.15) is 43.7 Å². The number of rotatable bonds is 5. The molecule has 0 aromatic heterocycles. The van der Waals surface area contributed by atoms with Gasteiger partial charge in [-0.25, -0.2) is 0 Å². The molecule has 1 N–H and O–H groups in total. The summed E-state index contributed by atoms with van der Waals surface area (Å²) in [6.45, 7) is 5.77. The average molecular weight is 289 g/mol. The normalized spacial score (nSPS) is 26.0. The first-order valence-corrected chi connectivity index (χ1v) is 7.89. The van der Waals surface area contributed by atoms with Crippen molar-refractivity contribution in [1.82, 2.24) is 4.90 Å². The molecule has 1 fully saturated rings. The van der Waals surface area contributed by atoms with Crippen LogP contribution >= 0.6 is 0 Å². The number of carboxylic acid groups (broad SMARTS) is 1. The third-order valence-electron chi connectivity index (χ3n) is 4.79. The van der Waals surface area contributed by atoms with Crippen molar-refractivity contribution in [3.8, 4) is 0 Å². The summed E-state index contributed by atoms with van der Waals surface area (Å²) < 4.78 is 0. The predicted octanol–water partition coefficient (Wildman–Crippen LogP) is 3.71. The van der Waals surface area contributed by atoms with Gasteiger partial charge >= 0.3 is 5.97 Å². The quantitative estimate of drug-likeness (QED) is 0.898. The van der Waals surface area contributed by atoms with Crippen molar-refractivity contribution in [3.63, 3.8) is 0 Å². The summed E-state index contributed by atoms with van der Waals surface area (Å²) in [6, 6.07) is 8.44. The van der Waals surface area contributed by atoms with E-state index >= 15 is 0 Å². The van der Waals surface area contributed by atoms with Gasteiger partial charge in [0.05, 0.1) is 5.41 Å². The summed E-state index contributed by atoms with van der Waals surface area (Å²) in [6.07, 6.45) is 3.68. The zero-order valence-corrected chi connectivity index (χ0v) is 13.4. The molecule has 0 radical (unpaired) electrons. The average Bonchev–Trinajstić information content (AvgIpc) is 2.41. The molecule has 3 nitrogen and oxygen atoms in total. The number of hydrogen-bond donors (Lipinski definition) is 1. The van der Waals surface area contributed by atoms with Gasteiger partial charge in [-0.15, -0.1) is 0 Å². The molecule has 1 aromatic carbocycles. The fraction of sp³-hybridized carbons (Fsp3) is 0.611. The molecule has 21 heavy (non-hydrogen) atoms. The number of hydrogen-bond acceptors (Lipinski definition) is 2. The lowest BCUT2D eigenvalue weighted by Gasteiger charge is -2.38. The molecule has 3 heteroatoms. The van der Waals surface area contributed by atoms with Crippen molar-refractivity contribution in [1.29, 1.82) is 0 Å². The summed E-state index contributed by atoms with van der Waals surface area (Å²) in [5, 5.41) is 9.71. The number of benzene rings is 1. The maximum absolute atomic E-state index is 11.8. The van der Waals surface area contributed by atoms with E-state index in [0.29, 0.717) is 12.5 Å². The number of aliphatic carboxylic acids is 1. The molecule has 0 saturated heterocycles. The number of nitrogens with zero attached hydrogens (tertiary/aromatic N) is 1. The minimum Gasteiger partial charge on any atom is -0.481 e. The second-order valence-corrected chi connectivity index (χ2v) is 6.93. The summed E-state index contributed by atoms with van der Waals surface area (Å²) in [5.74, 6) is 0.0463. The van der Waals surface area contributed by atoms with Gasteiger partial charge < -0.3 is 10.0 Å². The van der Waals surface area contributed by atoms with Crippen molar-refractivity contribution in [2.24, 2.45) is 11.3 Å². The van der Waals surface area contributed by atoms with E-state index in [9.17, 15) is 9.90 Å². The number of carbonyl (C=O) groups is 1. The Labute approximate surface area is 128 Å². The Balaban J connectivity index is 2.02. The van der Waals surface area contributed by atoms with Crippen molar-refractivity contribution in [3.05, 3.63) is 35.4 Å². The lowest BCUT2D eigenvalue weighted by Crippen LogP contribution is -2.44. The molecule has 1 saturated carbocycles. The van der Waals surface area contributed by atoms with Gasteiger partial charge in [-0.3, -0.25) is 4.79 Å². The Bertz CT molecular complexity index is 490. The van der Waals surface area contributed by atoms with Crippen LogP contribution in [-0.4, -0.2) is 29.6 Å². The van der Waals surface area contributed by atoms with E-state index in [0.717, 1.165) is 32.2 Å². The molecule has 0 amide bonds. The van der Waals surface area contributed by atoms with Crippen LogP contribution in [0.25, 0.3) is 0 Å². The van der Waals surface area contributed by atoms with E-state index in [1.54, 1.807) is 0 Å². The van der Waals surface area contributed by atoms with Gasteiger partial charge in [-0.2, -0.15) is 0 Å². The summed E-state index contributed by atoms with van der Waals surface area (Å²) in [5.41, 5.74) is 1.95. The van der Waals surface area contributed by atoms with Crippen LogP contribution in [0.15, 0.2) is 24.3 Å². The second kappa shape index (κ2) is 6.61. The van der Waals surface area contributed by atoms with Gasteiger partial charge in [0.2, 0.25) is 0 Å². The number of aryl methyl sites for hydroxylation is 1. The van der Waals surface area contributed by atoms with Crippen molar-refractivity contribution in [2.45, 2.75) is 46.1 Å². The minimum absolute atomic E-state index is 0.551. The molecule has 0 heterocycles. The highest BCUT2D eigenvalue weighted by atomic mass is 16.4. The largest absolute Gasteiger partial charge is 0.481 e. The van der Waals surface area contributed by atoms with E-state index in [4.69, 9.17) is 0 Å². The van der Waals surface area contributed by atoms with Crippen LogP contribution in [0.2, 0.25) is 0 Å². The molecule has 1 aromatic rings. The molecular weight excluding hydrogens is 262 g/mol. The maximum Gasteiger partial charge on any atom is 0.310 e. The number of carboxylic acids is 1. The lowest BCUT2D eigenvalue weighted by molar-refractivity contribution is -0.153. The molecule has 0 aliphatic heterocycles. The third-order valence-corrected chi connectivity index (χ3v) is 4.79. The Morgan fingerprint density at radius 1 is 1.38 bits per heavy atom. The van der Waals surface area contributed by atoms with Crippen LogP contribution in [0, 0.1) is 18.3 Å². The topological polar surface area (TPSA) is 40.5 Å². The van der Waals surface area contributed by atoms with Gasteiger partial charge in [0.1, 0.15) is 0 Å². The fourth-order valence-corrected chi connectivity index (χ4v) is 3.45. The zero-order valence-electron chi connectivity index (χ0n) is 13.4. The molecule has 1 aliphatic carbocycles. The van der Waals surface area contributed by atoms with Gasteiger partial charge in [0.25, 0.3) is 0 Å². The monoisotopic (exact) mass is 289 g/mol. The van der Waals surface area contributed by atoms with Crippen LogP contribution in [0.3, 0.4) is 0 Å². The molecule has 0 spiro atoms. The zero-order chi connectivity index (χ0) is 15.5. The van der Waals surface area contributed by atoms with Crippen molar-refractivity contribution < 1.29 is 9.90 Å². The van der Waals surface area contributed by atoms with E-state index < -0.39 is 11.4 Å². The smallest absolute Gasteiger partial charge is 0.310 e. The predicted molar refractivity (Wildman–Crippen MR) is 85.2 cm³/mol. The Hall–Kier alpha value is -1.35. The van der Waals surface area contributed by atoms with Gasteiger partial charge in [0, 0.05) is 13.1 Å². The molecule has 0 unspecified atom stereocenters. The van der Waals surface area contributed by atoms with Gasteiger partial charge in [-0.05, 0) is 51.1 Å². The first-order valence-electron chi connectivity index (χ1n) is 7.89. The molecule has 0 atom stereocenters. The maximum atomic E-state index is 11.8. The third kappa shape index (κ3) is 4.07. The molecule has 1 aliphatic rings. The molecule has 0 bridgehead atoms. The van der Waals surface area contributed by atoms with Gasteiger partial charge in [-0.1, -0.05) is 36.8 Å². The fourth-order valence-electron chi connectivity index (χ4n) is 3.45. The van der Waals surface area contributed by atoms with Crippen molar-refractivity contribution >= 4 is 5.97 Å². The first kappa shape index (κ1) is 16.0. The molecule has 2 rings (SSSR count). The minimum atomic E-state index is -0.620. The van der Waals surface area contributed by atoms with Gasteiger partial charge in [0.15, 0.2) is 0 Å². The van der Waals surface area contributed by atoms with E-state index in [-0.39, 0.29) is 0 Å². The van der Waals surface area contributed by atoms with E-state index in [2.05, 4.69) is 43.0 Å². The van der Waals surface area contributed by atoms with Crippen molar-refractivity contribution in [2.75, 3.05) is 13.6 Å². The highest BCUT2D eigenvalue weighted by molar-refractivity contribution is 5.75. The Morgan fingerprint density at radius 3 is 2.62 bits per heavy atom. The van der Waals surface area contributed by atoms with Crippen LogP contribution in [0.5, 0.6) is 0 Å². The second-order valence-electron chi connectivity index (χ2n) is 6.93. The Kier molecular flexibility index (Phi) is 5.04. The summed E-state index contributed by atoms with van der Waals surface area (Å²) >= 11 is 0. The van der Waals surface area contributed by atoms with Crippen LogP contribution in [0.4, 0.5) is 0 Å². The molecule has 116 valence electrons. The summed E-state index contributed by atoms with van der Waals surface area (Å²) in [7, 11) is 2.03. The molecular formula is C18H27NO2. The van der Waals surface area contributed by atoms with Crippen LogP contribution < -0.4 is 0 Å². The van der Waals surface area contributed by atoms with Crippen LogP contribution in [-0.2, 0) is 11.3 Å². The Morgan fingerprint density at radius 2 is 2.05 bits per heavy atom. The highest BCUT2D eigenvalue weighted by Gasteiger charge is 2.41.